The second kappa shape index (κ2) is 24.4. The molecular formula is C26H26Na2O18. The first-order valence-electron chi connectivity index (χ1n) is 11.5. The summed E-state index contributed by atoms with van der Waals surface area (Å²) < 4.78 is 0. The Morgan fingerprint density at radius 3 is 0.761 bits per heavy atom. The van der Waals surface area contributed by atoms with Crippen molar-refractivity contribution in [1.29, 1.82) is 0 Å². The molecule has 0 fully saturated rings. The molecular weight excluding hydrogens is 646 g/mol. The van der Waals surface area contributed by atoms with Crippen LogP contribution in [0.5, 0.6) is 0 Å². The standard InChI is InChI=1S/2C7H6O2.2C6H8O7.2Na/c2*8-7(9)6-4-2-1-3-5-6;2*7-3(8)1-6(13,5(11)12)2-4(9)10;;/h2*1-5H,(H,8,9);2*13H,1-2H2,(H,7,8)(H,9,10)(H,11,12);;/q;;;;2*+1/p-2. The largest absolute Gasteiger partial charge is 1.00 e. The van der Waals surface area contributed by atoms with Crippen LogP contribution in [0.4, 0.5) is 0 Å². The summed E-state index contributed by atoms with van der Waals surface area (Å²) in [5.74, 6) is -12.3. The van der Waals surface area contributed by atoms with E-state index in [2.05, 4.69) is 0 Å². The molecule has 20 heteroatoms. The summed E-state index contributed by atoms with van der Waals surface area (Å²) >= 11 is 0. The van der Waals surface area contributed by atoms with Gasteiger partial charge in [-0.3, -0.25) is 19.2 Å². The monoisotopic (exact) mass is 672 g/mol. The van der Waals surface area contributed by atoms with Gasteiger partial charge in [0.25, 0.3) is 0 Å². The van der Waals surface area contributed by atoms with E-state index in [0.29, 0.717) is 0 Å². The third kappa shape index (κ3) is 22.6. The fourth-order valence-corrected chi connectivity index (χ4v) is 2.58. The number of benzene rings is 2. The van der Waals surface area contributed by atoms with Gasteiger partial charge in [0.1, 0.15) is 0 Å². The fourth-order valence-electron chi connectivity index (χ4n) is 2.58. The smallest absolute Gasteiger partial charge is 0.545 e. The summed E-state index contributed by atoms with van der Waals surface area (Å²) in [6.07, 6.45) is -4.58. The summed E-state index contributed by atoms with van der Waals surface area (Å²) in [6, 6.07) is 16.1. The zero-order valence-corrected chi connectivity index (χ0v) is 28.3. The van der Waals surface area contributed by atoms with Crippen LogP contribution in [-0.4, -0.2) is 99.8 Å². The molecule has 18 nitrogen and oxygen atoms in total. The first kappa shape index (κ1) is 49.0. The minimum atomic E-state index is -2.74. The van der Waals surface area contributed by atoms with Crippen LogP contribution in [-0.2, 0) is 28.8 Å². The van der Waals surface area contributed by atoms with E-state index in [1.54, 1.807) is 36.4 Å². The van der Waals surface area contributed by atoms with Gasteiger partial charge in [-0.25, -0.2) is 9.59 Å². The Bertz CT molecular complexity index is 1180. The molecule has 2 aromatic carbocycles. The number of aromatic carboxylic acids is 2. The van der Waals surface area contributed by atoms with Gasteiger partial charge in [-0.1, -0.05) is 60.7 Å². The molecule has 0 atom stereocenters. The SMILES string of the molecule is O=C(O)CC(O)(CC(=O)O)C(=O)O.O=C(O)CC(O)(CC(=O)O)C(=O)O.O=C([O-])c1ccccc1.O=C([O-])c1ccccc1.[Na+].[Na+]. The van der Waals surface area contributed by atoms with Crippen LogP contribution in [0.3, 0.4) is 0 Å². The van der Waals surface area contributed by atoms with E-state index in [-0.39, 0.29) is 70.2 Å². The quantitative estimate of drug-likeness (QED) is 0.0970. The molecule has 0 heterocycles. The Hall–Kier alpha value is -3.88. The van der Waals surface area contributed by atoms with Gasteiger partial charge in [-0.2, -0.15) is 0 Å². The summed E-state index contributed by atoms with van der Waals surface area (Å²) in [5.41, 5.74) is -5.04. The van der Waals surface area contributed by atoms with Gasteiger partial charge in [0.15, 0.2) is 11.2 Å². The van der Waals surface area contributed by atoms with E-state index < -0.39 is 84.6 Å². The van der Waals surface area contributed by atoms with E-state index in [9.17, 15) is 48.6 Å². The number of carbonyl (C=O) groups is 8. The van der Waals surface area contributed by atoms with Crippen molar-refractivity contribution in [3.63, 3.8) is 0 Å². The van der Waals surface area contributed by atoms with Crippen LogP contribution in [0.15, 0.2) is 60.7 Å². The maximum absolute atomic E-state index is 10.3. The molecule has 0 saturated heterocycles. The first-order valence-corrected chi connectivity index (χ1v) is 11.5. The summed E-state index contributed by atoms with van der Waals surface area (Å²) in [7, 11) is 0. The van der Waals surface area contributed by atoms with Crippen LogP contribution >= 0.6 is 0 Å². The van der Waals surface area contributed by atoms with E-state index in [1.165, 1.54) is 24.3 Å². The van der Waals surface area contributed by atoms with Crippen LogP contribution in [0, 0.1) is 0 Å². The van der Waals surface area contributed by atoms with Gasteiger partial charge >= 0.3 is 94.9 Å². The molecule has 8 N–H and O–H groups in total. The second-order valence-electron chi connectivity index (χ2n) is 8.26. The Kier molecular flexibility index (Phi) is 26.0. The maximum Gasteiger partial charge on any atom is 1.00 e. The number of carbonyl (C=O) groups excluding carboxylic acids is 2. The summed E-state index contributed by atoms with van der Waals surface area (Å²) in [5, 5.41) is 87.8. The van der Waals surface area contributed by atoms with Crippen molar-refractivity contribution in [2.75, 3.05) is 0 Å². The van der Waals surface area contributed by atoms with Gasteiger partial charge in [0.05, 0.1) is 37.6 Å². The molecule has 0 amide bonds. The molecule has 46 heavy (non-hydrogen) atoms. The fraction of sp³-hybridized carbons (Fsp3) is 0.231. The maximum atomic E-state index is 10.3. The average Bonchev–Trinajstić information content (AvgIpc) is 2.89. The first-order chi connectivity index (χ1) is 20.2. The Balaban J connectivity index is -0.000000255. The van der Waals surface area contributed by atoms with E-state index in [4.69, 9.17) is 40.9 Å². The van der Waals surface area contributed by atoms with Crippen LogP contribution in [0.2, 0.25) is 0 Å². The van der Waals surface area contributed by atoms with Gasteiger partial charge in [-0.15, -0.1) is 0 Å². The van der Waals surface area contributed by atoms with Gasteiger partial charge < -0.3 is 60.7 Å². The number of aliphatic carboxylic acids is 6. The third-order valence-corrected chi connectivity index (χ3v) is 4.59. The number of carboxylic acid groups (broad SMARTS) is 8. The molecule has 0 aliphatic heterocycles. The molecule has 0 unspecified atom stereocenters. The molecule has 0 saturated carbocycles. The molecule has 2 aromatic rings. The second-order valence-corrected chi connectivity index (χ2v) is 8.26. The molecule has 0 bridgehead atoms. The molecule has 2 rings (SSSR count). The molecule has 240 valence electrons. The Labute approximate surface area is 303 Å². The normalized spacial score (nSPS) is 9.61. The number of carboxylic acids is 8. The van der Waals surface area contributed by atoms with E-state index >= 15 is 0 Å². The predicted octanol–water partition coefficient (Wildman–Crippen LogP) is -8.39. The van der Waals surface area contributed by atoms with Gasteiger partial charge in [0, 0.05) is 0 Å². The molecule has 0 spiro atoms. The molecule has 0 aliphatic rings. The molecule has 0 aromatic heterocycles. The van der Waals surface area contributed by atoms with Crippen molar-refractivity contribution in [3.8, 4) is 0 Å². The number of rotatable bonds is 12. The van der Waals surface area contributed by atoms with E-state index in [1.807, 2.05) is 0 Å². The van der Waals surface area contributed by atoms with Crippen molar-refractivity contribution < 1.29 is 149 Å². The van der Waals surface area contributed by atoms with Crippen molar-refractivity contribution in [3.05, 3.63) is 71.8 Å². The zero-order chi connectivity index (χ0) is 34.7. The third-order valence-electron chi connectivity index (χ3n) is 4.59. The van der Waals surface area contributed by atoms with Crippen molar-refractivity contribution in [1.82, 2.24) is 0 Å². The summed E-state index contributed by atoms with van der Waals surface area (Å²) in [6.45, 7) is 0. The van der Waals surface area contributed by atoms with Crippen molar-refractivity contribution in [2.45, 2.75) is 36.9 Å². The van der Waals surface area contributed by atoms with Crippen molar-refractivity contribution in [2.24, 2.45) is 0 Å². The predicted molar refractivity (Wildman–Crippen MR) is 136 cm³/mol. The minimum Gasteiger partial charge on any atom is -0.545 e. The zero-order valence-electron chi connectivity index (χ0n) is 24.3. The Morgan fingerprint density at radius 2 is 0.652 bits per heavy atom. The Morgan fingerprint density at radius 1 is 0.457 bits per heavy atom. The summed E-state index contributed by atoms with van der Waals surface area (Å²) in [4.78, 5) is 81.1. The van der Waals surface area contributed by atoms with Crippen molar-refractivity contribution >= 4 is 47.8 Å². The molecule has 0 radical (unpaired) electrons. The van der Waals surface area contributed by atoms with Gasteiger partial charge in [-0.05, 0) is 11.1 Å². The molecule has 0 aliphatic carbocycles. The minimum absolute atomic E-state index is 0. The van der Waals surface area contributed by atoms with Crippen LogP contribution in [0.1, 0.15) is 46.4 Å². The number of aliphatic hydroxyl groups is 2. The topological polar surface area (TPSA) is 345 Å². The van der Waals surface area contributed by atoms with Crippen LogP contribution < -0.4 is 69.3 Å². The number of hydrogen-bond donors (Lipinski definition) is 8. The van der Waals surface area contributed by atoms with E-state index in [0.717, 1.165) is 0 Å². The van der Waals surface area contributed by atoms with Crippen LogP contribution in [0.25, 0.3) is 0 Å². The average molecular weight is 672 g/mol. The number of hydrogen-bond acceptors (Lipinski definition) is 12. The van der Waals surface area contributed by atoms with Gasteiger partial charge in [0.2, 0.25) is 0 Å².